The molecule has 0 aliphatic carbocycles. The Balaban J connectivity index is 1.37. The number of nitrogens with zero attached hydrogens (tertiary/aromatic N) is 3. The standard InChI is InChI=1S/C22H26N4O3/c1-2-11-29-19-7-5-16(6-8-19)21(27)24-18-4-3-10-26(14-18)22-23-13-17-15-28-12-9-20(17)25-22/h2,5-8,13,18H,1,3-4,9-12,14-15H2,(H,24,27)/t18-/m0/s1. The third-order valence-electron chi connectivity index (χ3n) is 5.21. The molecule has 152 valence electrons. The van der Waals surface area contributed by atoms with Crippen LogP contribution in [0.1, 0.15) is 34.5 Å². The van der Waals surface area contributed by atoms with E-state index in [1.165, 1.54) is 0 Å². The van der Waals surface area contributed by atoms with Gasteiger partial charge in [0.25, 0.3) is 5.91 Å². The first kappa shape index (κ1) is 19.4. The van der Waals surface area contributed by atoms with Crippen molar-refractivity contribution in [1.82, 2.24) is 15.3 Å². The Hall–Kier alpha value is -2.93. The van der Waals surface area contributed by atoms with Crippen molar-refractivity contribution in [3.63, 3.8) is 0 Å². The average molecular weight is 394 g/mol. The van der Waals surface area contributed by atoms with Gasteiger partial charge in [0.1, 0.15) is 12.4 Å². The molecular weight excluding hydrogens is 368 g/mol. The fourth-order valence-corrected chi connectivity index (χ4v) is 3.67. The van der Waals surface area contributed by atoms with Crippen LogP contribution in [0.5, 0.6) is 5.75 Å². The molecule has 4 rings (SSSR count). The monoisotopic (exact) mass is 394 g/mol. The minimum atomic E-state index is -0.0735. The Morgan fingerprint density at radius 3 is 3.07 bits per heavy atom. The van der Waals surface area contributed by atoms with Gasteiger partial charge in [0.05, 0.1) is 18.9 Å². The van der Waals surface area contributed by atoms with Crippen LogP contribution in [0.15, 0.2) is 43.1 Å². The summed E-state index contributed by atoms with van der Waals surface area (Å²) >= 11 is 0. The highest BCUT2D eigenvalue weighted by molar-refractivity contribution is 5.94. The molecule has 7 heteroatoms. The summed E-state index contributed by atoms with van der Waals surface area (Å²) in [5.74, 6) is 1.39. The molecule has 7 nitrogen and oxygen atoms in total. The fraction of sp³-hybridized carbons (Fsp3) is 0.409. The number of rotatable bonds is 6. The molecule has 1 amide bonds. The van der Waals surface area contributed by atoms with Crippen LogP contribution in [0.25, 0.3) is 0 Å². The molecule has 29 heavy (non-hydrogen) atoms. The van der Waals surface area contributed by atoms with E-state index < -0.39 is 0 Å². The second-order valence-electron chi connectivity index (χ2n) is 7.33. The van der Waals surface area contributed by atoms with E-state index in [0.717, 1.165) is 48.8 Å². The largest absolute Gasteiger partial charge is 0.490 e. The van der Waals surface area contributed by atoms with Gasteiger partial charge < -0.3 is 19.7 Å². The molecule has 1 N–H and O–H groups in total. The van der Waals surface area contributed by atoms with Crippen molar-refractivity contribution in [2.75, 3.05) is 31.2 Å². The number of amides is 1. The van der Waals surface area contributed by atoms with E-state index in [2.05, 4.69) is 21.8 Å². The second kappa shape index (κ2) is 9.05. The molecule has 0 spiro atoms. The van der Waals surface area contributed by atoms with Crippen molar-refractivity contribution in [2.45, 2.75) is 31.9 Å². The second-order valence-corrected chi connectivity index (χ2v) is 7.33. The van der Waals surface area contributed by atoms with Crippen molar-refractivity contribution in [3.05, 3.63) is 59.9 Å². The van der Waals surface area contributed by atoms with Gasteiger partial charge in [-0.2, -0.15) is 0 Å². The maximum absolute atomic E-state index is 12.6. The summed E-state index contributed by atoms with van der Waals surface area (Å²) in [6.45, 7) is 6.98. The van der Waals surface area contributed by atoms with E-state index in [9.17, 15) is 4.79 Å². The highest BCUT2D eigenvalue weighted by Crippen LogP contribution is 2.21. The third kappa shape index (κ3) is 4.74. The Morgan fingerprint density at radius 2 is 2.24 bits per heavy atom. The van der Waals surface area contributed by atoms with E-state index in [1.54, 1.807) is 30.3 Å². The zero-order chi connectivity index (χ0) is 20.1. The average Bonchev–Trinajstić information content (AvgIpc) is 2.78. The normalized spacial score (nSPS) is 18.6. The molecule has 2 aliphatic heterocycles. The third-order valence-corrected chi connectivity index (χ3v) is 5.21. The number of benzene rings is 1. The van der Waals surface area contributed by atoms with Crippen LogP contribution in [0.4, 0.5) is 5.95 Å². The predicted molar refractivity (Wildman–Crippen MR) is 110 cm³/mol. The molecule has 0 unspecified atom stereocenters. The highest BCUT2D eigenvalue weighted by atomic mass is 16.5. The quantitative estimate of drug-likeness (QED) is 0.759. The van der Waals surface area contributed by atoms with Crippen LogP contribution in [0, 0.1) is 0 Å². The van der Waals surface area contributed by atoms with Gasteiger partial charge in [-0.15, -0.1) is 0 Å². The fourth-order valence-electron chi connectivity index (χ4n) is 3.67. The van der Waals surface area contributed by atoms with Crippen molar-refractivity contribution in [2.24, 2.45) is 0 Å². The number of carbonyl (C=O) groups excluding carboxylic acids is 1. The van der Waals surface area contributed by atoms with Crippen LogP contribution in [0.2, 0.25) is 0 Å². The maximum Gasteiger partial charge on any atom is 0.251 e. The van der Waals surface area contributed by atoms with Gasteiger partial charge in [0.15, 0.2) is 0 Å². The number of anilines is 1. The predicted octanol–water partition coefficient (Wildman–Crippen LogP) is 2.51. The van der Waals surface area contributed by atoms with E-state index in [1.807, 2.05) is 6.20 Å². The summed E-state index contributed by atoms with van der Waals surface area (Å²) in [6.07, 6.45) is 6.32. The summed E-state index contributed by atoms with van der Waals surface area (Å²) in [5, 5.41) is 3.15. The lowest BCUT2D eigenvalue weighted by atomic mass is 10.1. The van der Waals surface area contributed by atoms with E-state index >= 15 is 0 Å². The zero-order valence-electron chi connectivity index (χ0n) is 16.5. The summed E-state index contributed by atoms with van der Waals surface area (Å²) < 4.78 is 10.9. The molecule has 0 saturated carbocycles. The van der Waals surface area contributed by atoms with E-state index in [4.69, 9.17) is 14.5 Å². The van der Waals surface area contributed by atoms with Crippen molar-refractivity contribution in [1.29, 1.82) is 0 Å². The number of piperidine rings is 1. The minimum absolute atomic E-state index is 0.0657. The number of hydrogen-bond donors (Lipinski definition) is 1. The van der Waals surface area contributed by atoms with Gasteiger partial charge in [-0.25, -0.2) is 9.97 Å². The lowest BCUT2D eigenvalue weighted by molar-refractivity contribution is 0.0933. The van der Waals surface area contributed by atoms with Crippen LogP contribution in [-0.4, -0.2) is 48.2 Å². The van der Waals surface area contributed by atoms with Crippen molar-refractivity contribution >= 4 is 11.9 Å². The number of fused-ring (bicyclic) bond motifs is 1. The molecule has 1 fully saturated rings. The van der Waals surface area contributed by atoms with Crippen LogP contribution < -0.4 is 15.0 Å². The van der Waals surface area contributed by atoms with Crippen LogP contribution in [-0.2, 0) is 17.8 Å². The van der Waals surface area contributed by atoms with Crippen LogP contribution >= 0.6 is 0 Å². The molecule has 3 heterocycles. The molecule has 0 radical (unpaired) electrons. The minimum Gasteiger partial charge on any atom is -0.490 e. The van der Waals surface area contributed by atoms with Gasteiger partial charge in [-0.3, -0.25) is 4.79 Å². The molecule has 1 atom stereocenters. The van der Waals surface area contributed by atoms with Crippen molar-refractivity contribution < 1.29 is 14.3 Å². The molecular formula is C22H26N4O3. The van der Waals surface area contributed by atoms with E-state index in [0.29, 0.717) is 31.9 Å². The number of hydrogen-bond acceptors (Lipinski definition) is 6. The van der Waals surface area contributed by atoms with Gasteiger partial charge in [0, 0.05) is 42.9 Å². The highest BCUT2D eigenvalue weighted by Gasteiger charge is 2.24. The Labute approximate surface area is 170 Å². The lowest BCUT2D eigenvalue weighted by Crippen LogP contribution is -2.48. The summed E-state index contributed by atoms with van der Waals surface area (Å²) in [5.41, 5.74) is 2.77. The number of nitrogens with one attached hydrogen (secondary N) is 1. The topological polar surface area (TPSA) is 76.6 Å². The van der Waals surface area contributed by atoms with E-state index in [-0.39, 0.29) is 11.9 Å². The van der Waals surface area contributed by atoms with Gasteiger partial charge in [-0.1, -0.05) is 12.7 Å². The molecule has 1 aromatic carbocycles. The molecule has 2 aliphatic rings. The molecule has 2 aromatic rings. The van der Waals surface area contributed by atoms with Gasteiger partial charge >= 0.3 is 0 Å². The molecule has 0 bridgehead atoms. The summed E-state index contributed by atoms with van der Waals surface area (Å²) in [4.78, 5) is 24.1. The first-order chi connectivity index (χ1) is 14.2. The Morgan fingerprint density at radius 1 is 1.38 bits per heavy atom. The first-order valence-electron chi connectivity index (χ1n) is 10.0. The number of ether oxygens (including phenoxy) is 2. The number of aromatic nitrogens is 2. The summed E-state index contributed by atoms with van der Waals surface area (Å²) in [6, 6.07) is 7.23. The maximum atomic E-state index is 12.6. The zero-order valence-corrected chi connectivity index (χ0v) is 16.5. The van der Waals surface area contributed by atoms with Gasteiger partial charge in [-0.05, 0) is 37.1 Å². The molecule has 1 aromatic heterocycles. The Kier molecular flexibility index (Phi) is 6.05. The van der Waals surface area contributed by atoms with Crippen LogP contribution in [0.3, 0.4) is 0 Å². The lowest BCUT2D eigenvalue weighted by Gasteiger charge is -2.33. The smallest absolute Gasteiger partial charge is 0.251 e. The van der Waals surface area contributed by atoms with Crippen molar-refractivity contribution in [3.8, 4) is 5.75 Å². The SMILES string of the molecule is C=CCOc1ccc(C(=O)N[C@H]2CCCN(c3ncc4c(n3)CCOC4)C2)cc1. The number of carbonyl (C=O) groups is 1. The summed E-state index contributed by atoms with van der Waals surface area (Å²) in [7, 11) is 0. The Bertz CT molecular complexity index is 869. The van der Waals surface area contributed by atoms with Gasteiger partial charge in [0.2, 0.25) is 5.95 Å². The first-order valence-corrected chi connectivity index (χ1v) is 10.0. The molecule has 1 saturated heterocycles.